The van der Waals surface area contributed by atoms with E-state index in [9.17, 15) is 9.90 Å². The number of allylic oxidation sites excluding steroid dienone is 2. The van der Waals surface area contributed by atoms with Gasteiger partial charge in [0.25, 0.3) is 0 Å². The number of hydrogen-bond acceptors (Lipinski definition) is 2. The Balaban J connectivity index is 1.47. The minimum Gasteiger partial charge on any atom is -0.393 e. The number of aliphatic hydroxyl groups is 1. The van der Waals surface area contributed by atoms with Gasteiger partial charge >= 0.3 is 0 Å². The zero-order chi connectivity index (χ0) is 16.5. The first-order valence-electron chi connectivity index (χ1n) is 10.4. The average molecular weight is 328 g/mol. The SMILES string of the molecule is C[C@]12CC[C@@H](O)C[C@H]1CC[C@@H]1[C@@H]2CC[C@@]23C=CC(=O)C[C@H]2CC[C@@H]13. The van der Waals surface area contributed by atoms with Gasteiger partial charge in [-0.1, -0.05) is 13.0 Å². The molecule has 0 radical (unpaired) electrons. The summed E-state index contributed by atoms with van der Waals surface area (Å²) in [6.07, 6.45) is 16.4. The molecule has 5 aliphatic rings. The van der Waals surface area contributed by atoms with Gasteiger partial charge in [-0.3, -0.25) is 4.79 Å². The minimum atomic E-state index is -0.0438. The highest BCUT2D eigenvalue weighted by Crippen LogP contribution is 2.68. The molecule has 5 rings (SSSR count). The molecule has 2 nitrogen and oxygen atoms in total. The smallest absolute Gasteiger partial charge is 0.155 e. The van der Waals surface area contributed by atoms with Crippen molar-refractivity contribution < 1.29 is 9.90 Å². The summed E-state index contributed by atoms with van der Waals surface area (Å²) in [7, 11) is 0. The maximum Gasteiger partial charge on any atom is 0.155 e. The van der Waals surface area contributed by atoms with E-state index in [0.29, 0.717) is 22.5 Å². The van der Waals surface area contributed by atoms with E-state index in [1.807, 2.05) is 6.08 Å². The van der Waals surface area contributed by atoms with Crippen LogP contribution in [-0.2, 0) is 4.79 Å². The minimum absolute atomic E-state index is 0.0438. The zero-order valence-corrected chi connectivity index (χ0v) is 15.0. The lowest BCUT2D eigenvalue weighted by Gasteiger charge is -2.61. The molecule has 0 heterocycles. The summed E-state index contributed by atoms with van der Waals surface area (Å²) in [6.45, 7) is 2.56. The van der Waals surface area contributed by atoms with Gasteiger partial charge in [-0.05, 0) is 104 Å². The van der Waals surface area contributed by atoms with E-state index < -0.39 is 0 Å². The van der Waals surface area contributed by atoms with Gasteiger partial charge in [0, 0.05) is 6.42 Å². The Morgan fingerprint density at radius 3 is 2.71 bits per heavy atom. The Kier molecular flexibility index (Phi) is 3.38. The van der Waals surface area contributed by atoms with Crippen LogP contribution in [0.5, 0.6) is 0 Å². The van der Waals surface area contributed by atoms with Gasteiger partial charge in [-0.25, -0.2) is 0 Å². The molecule has 0 bridgehead atoms. The summed E-state index contributed by atoms with van der Waals surface area (Å²) >= 11 is 0. The topological polar surface area (TPSA) is 37.3 Å². The van der Waals surface area contributed by atoms with Crippen LogP contribution in [0.4, 0.5) is 0 Å². The Morgan fingerprint density at radius 1 is 1.00 bits per heavy atom. The first-order valence-corrected chi connectivity index (χ1v) is 10.4. The molecule has 4 fully saturated rings. The lowest BCUT2D eigenvalue weighted by atomic mass is 9.44. The zero-order valence-electron chi connectivity index (χ0n) is 15.0. The summed E-state index contributed by atoms with van der Waals surface area (Å²) in [5.74, 6) is 4.32. The van der Waals surface area contributed by atoms with Crippen molar-refractivity contribution in [3.63, 3.8) is 0 Å². The number of ketones is 1. The number of aliphatic hydroxyl groups excluding tert-OH is 1. The van der Waals surface area contributed by atoms with Gasteiger partial charge in [0.1, 0.15) is 0 Å². The molecule has 1 N–H and O–H groups in total. The fourth-order valence-electron chi connectivity index (χ4n) is 8.26. The largest absolute Gasteiger partial charge is 0.393 e. The molecular weight excluding hydrogens is 296 g/mol. The van der Waals surface area contributed by atoms with Crippen LogP contribution in [0.1, 0.15) is 71.1 Å². The molecule has 4 saturated carbocycles. The molecule has 24 heavy (non-hydrogen) atoms. The number of carbonyl (C=O) groups excluding carboxylic acids is 1. The second-order valence-electron chi connectivity index (χ2n) is 10.0. The summed E-state index contributed by atoms with van der Waals surface area (Å²) in [4.78, 5) is 11.9. The molecule has 8 atom stereocenters. The molecule has 0 unspecified atom stereocenters. The predicted molar refractivity (Wildman–Crippen MR) is 94.3 cm³/mol. The lowest BCUT2D eigenvalue weighted by molar-refractivity contribution is -0.127. The van der Waals surface area contributed by atoms with Crippen molar-refractivity contribution in [3.05, 3.63) is 12.2 Å². The monoisotopic (exact) mass is 328 g/mol. The van der Waals surface area contributed by atoms with E-state index in [0.717, 1.165) is 42.9 Å². The highest BCUT2D eigenvalue weighted by molar-refractivity contribution is 5.91. The van der Waals surface area contributed by atoms with E-state index in [-0.39, 0.29) is 6.10 Å². The molecular formula is C22H32O2. The maximum absolute atomic E-state index is 11.9. The Morgan fingerprint density at radius 2 is 1.83 bits per heavy atom. The van der Waals surface area contributed by atoms with Gasteiger partial charge in [0.2, 0.25) is 0 Å². The third-order valence-electron chi connectivity index (χ3n) is 9.43. The van der Waals surface area contributed by atoms with Gasteiger partial charge in [-0.15, -0.1) is 0 Å². The fraction of sp³-hybridized carbons (Fsp3) is 0.864. The quantitative estimate of drug-likeness (QED) is 0.710. The summed E-state index contributed by atoms with van der Waals surface area (Å²) < 4.78 is 0. The summed E-state index contributed by atoms with van der Waals surface area (Å²) in [5.41, 5.74) is 0.836. The molecule has 132 valence electrons. The van der Waals surface area contributed by atoms with Crippen LogP contribution in [0.2, 0.25) is 0 Å². The van der Waals surface area contributed by atoms with E-state index >= 15 is 0 Å². The third kappa shape index (κ3) is 1.95. The number of rotatable bonds is 0. The molecule has 1 spiro atoms. The molecule has 0 aromatic carbocycles. The Bertz CT molecular complexity index is 581. The molecule has 0 aromatic heterocycles. The maximum atomic E-state index is 11.9. The lowest BCUT2D eigenvalue weighted by Crippen LogP contribution is -2.54. The standard InChI is InChI=1S/C22H32O2/c1-21-9-6-16(23)12-14(21)2-4-18-19(21)8-11-22-10-7-17(24)13-15(22)3-5-20(18)22/h7,10,14-16,18-20,23H,2-6,8-9,11-13H2,1H3/t14-,15-,16-,18-,19+,20+,21+,22+/m1/s1. The van der Waals surface area contributed by atoms with Crippen LogP contribution in [-0.4, -0.2) is 17.0 Å². The van der Waals surface area contributed by atoms with Gasteiger partial charge in [-0.2, -0.15) is 0 Å². The highest BCUT2D eigenvalue weighted by atomic mass is 16.3. The molecule has 0 saturated heterocycles. The second kappa shape index (κ2) is 5.19. The highest BCUT2D eigenvalue weighted by Gasteiger charge is 2.61. The van der Waals surface area contributed by atoms with Gasteiger partial charge < -0.3 is 5.11 Å². The first-order chi connectivity index (χ1) is 11.5. The van der Waals surface area contributed by atoms with Crippen molar-refractivity contribution in [2.45, 2.75) is 77.2 Å². The van der Waals surface area contributed by atoms with Crippen LogP contribution in [0.15, 0.2) is 12.2 Å². The van der Waals surface area contributed by atoms with Crippen LogP contribution in [0.3, 0.4) is 0 Å². The van der Waals surface area contributed by atoms with Crippen molar-refractivity contribution in [1.82, 2.24) is 0 Å². The number of fused-ring (bicyclic) bond motifs is 4. The van der Waals surface area contributed by atoms with Gasteiger partial charge in [0.15, 0.2) is 5.78 Å². The molecule has 5 aliphatic carbocycles. The van der Waals surface area contributed by atoms with Crippen LogP contribution in [0.25, 0.3) is 0 Å². The van der Waals surface area contributed by atoms with Gasteiger partial charge in [0.05, 0.1) is 6.10 Å². The van der Waals surface area contributed by atoms with Crippen molar-refractivity contribution in [2.75, 3.05) is 0 Å². The van der Waals surface area contributed by atoms with E-state index in [4.69, 9.17) is 0 Å². The van der Waals surface area contributed by atoms with Crippen LogP contribution < -0.4 is 0 Å². The van der Waals surface area contributed by atoms with Crippen LogP contribution in [0, 0.1) is 40.4 Å². The van der Waals surface area contributed by atoms with E-state index in [2.05, 4.69) is 13.0 Å². The van der Waals surface area contributed by atoms with E-state index in [1.54, 1.807) is 0 Å². The van der Waals surface area contributed by atoms with Crippen molar-refractivity contribution in [1.29, 1.82) is 0 Å². The fourth-order valence-corrected chi connectivity index (χ4v) is 8.26. The Hall–Kier alpha value is -0.630. The second-order valence-corrected chi connectivity index (χ2v) is 10.0. The van der Waals surface area contributed by atoms with E-state index in [1.165, 1.54) is 44.9 Å². The van der Waals surface area contributed by atoms with Crippen molar-refractivity contribution in [2.24, 2.45) is 40.4 Å². The normalized spacial score (nSPS) is 56.2. The average Bonchev–Trinajstić information content (AvgIpc) is 2.94. The third-order valence-corrected chi connectivity index (χ3v) is 9.43. The molecule has 2 heteroatoms. The summed E-state index contributed by atoms with van der Waals surface area (Å²) in [5, 5.41) is 10.1. The first kappa shape index (κ1) is 15.6. The van der Waals surface area contributed by atoms with Crippen molar-refractivity contribution >= 4 is 5.78 Å². The van der Waals surface area contributed by atoms with Crippen molar-refractivity contribution in [3.8, 4) is 0 Å². The van der Waals surface area contributed by atoms with Crippen LogP contribution >= 0.6 is 0 Å². The molecule has 0 aliphatic heterocycles. The molecule has 0 amide bonds. The molecule has 0 aromatic rings. The predicted octanol–water partition coefficient (Wildman–Crippen LogP) is 4.52. The Labute approximate surface area is 146 Å². The summed E-state index contributed by atoms with van der Waals surface area (Å²) in [6, 6.07) is 0. The number of carbonyl (C=O) groups is 1. The number of hydrogen-bond donors (Lipinski definition) is 1.